The number of rotatable bonds is 7. The van der Waals surface area contributed by atoms with E-state index in [-0.39, 0.29) is 11.3 Å². The van der Waals surface area contributed by atoms with Crippen molar-refractivity contribution in [1.82, 2.24) is 10.2 Å². The van der Waals surface area contributed by atoms with Crippen molar-refractivity contribution in [3.8, 4) is 5.75 Å². The van der Waals surface area contributed by atoms with Gasteiger partial charge in [-0.25, -0.2) is 0 Å². The van der Waals surface area contributed by atoms with E-state index in [1.54, 1.807) is 31.4 Å². The highest BCUT2D eigenvalue weighted by Crippen LogP contribution is 2.46. The van der Waals surface area contributed by atoms with Crippen LogP contribution in [-0.4, -0.2) is 49.2 Å². The normalized spacial score (nSPS) is 21.0. The van der Waals surface area contributed by atoms with E-state index in [4.69, 9.17) is 4.74 Å². The molecule has 1 atom stereocenters. The molecule has 5 heteroatoms. The lowest BCUT2D eigenvalue weighted by Crippen LogP contribution is -2.38. The van der Waals surface area contributed by atoms with Gasteiger partial charge in [0, 0.05) is 18.5 Å². The lowest BCUT2D eigenvalue weighted by molar-refractivity contribution is -0.129. The quantitative estimate of drug-likeness (QED) is 0.804. The predicted molar refractivity (Wildman–Crippen MR) is 88.3 cm³/mol. The number of amides is 1. The van der Waals surface area contributed by atoms with Crippen molar-refractivity contribution in [3.05, 3.63) is 29.8 Å². The zero-order valence-electron chi connectivity index (χ0n) is 13.8. The molecule has 0 bridgehead atoms. The van der Waals surface area contributed by atoms with Gasteiger partial charge < -0.3 is 20.1 Å². The number of aliphatic hydroxyl groups is 1. The lowest BCUT2D eigenvalue weighted by Gasteiger charge is -2.23. The second kappa shape index (κ2) is 6.89. The van der Waals surface area contributed by atoms with Crippen LogP contribution >= 0.6 is 0 Å². The van der Waals surface area contributed by atoms with Gasteiger partial charge in [0.25, 0.3) is 5.91 Å². The number of ether oxygens (including phenoxy) is 1. The smallest absolute Gasteiger partial charge is 0.253 e. The van der Waals surface area contributed by atoms with E-state index in [0.717, 1.165) is 6.54 Å². The third-order valence-electron chi connectivity index (χ3n) is 5.03. The van der Waals surface area contributed by atoms with Crippen LogP contribution in [0.5, 0.6) is 5.75 Å². The molecule has 0 aromatic heterocycles. The Bertz CT molecular complexity index is 534. The molecule has 1 saturated carbocycles. The van der Waals surface area contributed by atoms with Gasteiger partial charge in [-0.05, 0) is 56.5 Å². The molecule has 2 aliphatic rings. The average Bonchev–Trinajstić information content (AvgIpc) is 3.15. The molecule has 1 heterocycles. The maximum Gasteiger partial charge on any atom is 0.253 e. The molecule has 3 rings (SSSR count). The van der Waals surface area contributed by atoms with Gasteiger partial charge in [-0.2, -0.15) is 0 Å². The summed E-state index contributed by atoms with van der Waals surface area (Å²) in [6, 6.07) is 6.95. The Morgan fingerprint density at radius 3 is 2.52 bits per heavy atom. The van der Waals surface area contributed by atoms with Crippen LogP contribution in [0.3, 0.4) is 0 Å². The van der Waals surface area contributed by atoms with Crippen LogP contribution < -0.4 is 10.1 Å². The second-order valence-electron chi connectivity index (χ2n) is 6.88. The SMILES string of the molecule is COc1ccc(C(O)C(=O)NCC2(CN3CCCC3)CC2)cc1. The van der Waals surface area contributed by atoms with Crippen molar-refractivity contribution in [2.45, 2.75) is 31.8 Å². The van der Waals surface area contributed by atoms with Gasteiger partial charge in [-0.3, -0.25) is 4.79 Å². The molecule has 1 aromatic rings. The minimum atomic E-state index is -1.12. The number of likely N-dealkylation sites (tertiary alicyclic amines) is 1. The molecule has 2 N–H and O–H groups in total. The highest BCUT2D eigenvalue weighted by atomic mass is 16.5. The number of carbonyl (C=O) groups excluding carboxylic acids is 1. The summed E-state index contributed by atoms with van der Waals surface area (Å²) in [5, 5.41) is 13.1. The Balaban J connectivity index is 1.50. The second-order valence-corrected chi connectivity index (χ2v) is 6.88. The molecule has 23 heavy (non-hydrogen) atoms. The van der Waals surface area contributed by atoms with Gasteiger partial charge in [0.1, 0.15) is 5.75 Å². The van der Waals surface area contributed by atoms with E-state index in [2.05, 4.69) is 10.2 Å². The minimum absolute atomic E-state index is 0.236. The number of hydrogen-bond acceptors (Lipinski definition) is 4. The molecule has 0 spiro atoms. The summed E-state index contributed by atoms with van der Waals surface area (Å²) in [6.45, 7) is 4.11. The fourth-order valence-electron chi connectivity index (χ4n) is 3.29. The highest BCUT2D eigenvalue weighted by Gasteiger charge is 2.44. The summed E-state index contributed by atoms with van der Waals surface area (Å²) >= 11 is 0. The first-order valence-electron chi connectivity index (χ1n) is 8.44. The van der Waals surface area contributed by atoms with Crippen LogP contribution in [0.2, 0.25) is 0 Å². The number of aliphatic hydroxyl groups excluding tert-OH is 1. The summed E-state index contributed by atoms with van der Waals surface area (Å²) in [4.78, 5) is 14.7. The molecule has 1 aliphatic carbocycles. The Morgan fingerprint density at radius 1 is 1.30 bits per heavy atom. The van der Waals surface area contributed by atoms with E-state index >= 15 is 0 Å². The molecule has 1 amide bonds. The molecule has 0 radical (unpaired) electrons. The average molecular weight is 318 g/mol. The molecule has 126 valence electrons. The van der Waals surface area contributed by atoms with E-state index in [9.17, 15) is 9.90 Å². The van der Waals surface area contributed by atoms with Gasteiger partial charge >= 0.3 is 0 Å². The Kier molecular flexibility index (Phi) is 4.87. The standard InChI is InChI=1S/C18H26N2O3/c1-23-15-6-4-14(5-7-15)16(21)17(22)19-12-18(8-9-18)13-20-10-2-3-11-20/h4-7,16,21H,2-3,8-13H2,1H3,(H,19,22). The fraction of sp³-hybridized carbons (Fsp3) is 0.611. The third kappa shape index (κ3) is 4.03. The molecule has 2 fully saturated rings. The summed E-state index contributed by atoms with van der Waals surface area (Å²) in [5.74, 6) is 0.395. The van der Waals surface area contributed by atoms with Crippen molar-refractivity contribution in [2.24, 2.45) is 5.41 Å². The largest absolute Gasteiger partial charge is 0.497 e. The topological polar surface area (TPSA) is 61.8 Å². The van der Waals surface area contributed by atoms with Gasteiger partial charge in [0.2, 0.25) is 0 Å². The minimum Gasteiger partial charge on any atom is -0.497 e. The number of carbonyl (C=O) groups is 1. The molecule has 1 aromatic carbocycles. The van der Waals surface area contributed by atoms with Crippen LogP contribution in [0.4, 0.5) is 0 Å². The molecule has 1 aliphatic heterocycles. The summed E-state index contributed by atoms with van der Waals surface area (Å²) in [5.41, 5.74) is 0.826. The van der Waals surface area contributed by atoms with E-state index in [1.165, 1.54) is 38.8 Å². The summed E-state index contributed by atoms with van der Waals surface area (Å²) < 4.78 is 5.09. The van der Waals surface area contributed by atoms with Crippen LogP contribution in [-0.2, 0) is 4.79 Å². The molecule has 1 unspecified atom stereocenters. The van der Waals surface area contributed by atoms with E-state index in [0.29, 0.717) is 17.9 Å². The van der Waals surface area contributed by atoms with Crippen LogP contribution in [0.1, 0.15) is 37.4 Å². The van der Waals surface area contributed by atoms with E-state index in [1.807, 2.05) is 0 Å². The molecule has 5 nitrogen and oxygen atoms in total. The summed E-state index contributed by atoms with van der Waals surface area (Å²) in [7, 11) is 1.59. The van der Waals surface area contributed by atoms with Crippen LogP contribution in [0, 0.1) is 5.41 Å². The molecular weight excluding hydrogens is 292 g/mol. The molecular formula is C18H26N2O3. The monoisotopic (exact) mass is 318 g/mol. The van der Waals surface area contributed by atoms with Crippen molar-refractivity contribution < 1.29 is 14.6 Å². The van der Waals surface area contributed by atoms with Gasteiger partial charge in [0.15, 0.2) is 6.10 Å². The third-order valence-corrected chi connectivity index (χ3v) is 5.03. The number of hydrogen-bond donors (Lipinski definition) is 2. The Morgan fingerprint density at radius 2 is 1.96 bits per heavy atom. The van der Waals surface area contributed by atoms with Gasteiger partial charge in [-0.1, -0.05) is 12.1 Å². The van der Waals surface area contributed by atoms with Gasteiger partial charge in [-0.15, -0.1) is 0 Å². The number of benzene rings is 1. The van der Waals surface area contributed by atoms with Crippen LogP contribution in [0.15, 0.2) is 24.3 Å². The van der Waals surface area contributed by atoms with Crippen molar-refractivity contribution >= 4 is 5.91 Å². The lowest BCUT2D eigenvalue weighted by atomic mass is 10.1. The summed E-state index contributed by atoms with van der Waals surface area (Å²) in [6.07, 6.45) is 3.80. The van der Waals surface area contributed by atoms with Crippen LogP contribution in [0.25, 0.3) is 0 Å². The van der Waals surface area contributed by atoms with Crippen molar-refractivity contribution in [2.75, 3.05) is 33.3 Å². The first-order valence-corrected chi connectivity index (χ1v) is 8.44. The Hall–Kier alpha value is -1.59. The van der Waals surface area contributed by atoms with Crippen molar-refractivity contribution in [1.29, 1.82) is 0 Å². The zero-order valence-corrected chi connectivity index (χ0v) is 13.8. The maximum absolute atomic E-state index is 12.2. The van der Waals surface area contributed by atoms with E-state index < -0.39 is 6.10 Å². The molecule has 1 saturated heterocycles. The van der Waals surface area contributed by atoms with Crippen molar-refractivity contribution in [3.63, 3.8) is 0 Å². The number of nitrogens with zero attached hydrogens (tertiary/aromatic N) is 1. The Labute approximate surface area is 137 Å². The fourth-order valence-corrected chi connectivity index (χ4v) is 3.29. The zero-order chi connectivity index (χ0) is 16.3. The first kappa shape index (κ1) is 16.3. The predicted octanol–water partition coefficient (Wildman–Crippen LogP) is 1.72. The number of methoxy groups -OCH3 is 1. The highest BCUT2D eigenvalue weighted by molar-refractivity contribution is 5.82. The number of nitrogens with one attached hydrogen (secondary N) is 1. The maximum atomic E-state index is 12.2. The first-order chi connectivity index (χ1) is 11.1. The van der Waals surface area contributed by atoms with Gasteiger partial charge in [0.05, 0.1) is 7.11 Å².